The van der Waals surface area contributed by atoms with Crippen LogP contribution < -0.4 is 16.4 Å². The van der Waals surface area contributed by atoms with Gasteiger partial charge in [-0.15, -0.1) is 0 Å². The van der Waals surface area contributed by atoms with Crippen molar-refractivity contribution >= 4 is 23.3 Å². The van der Waals surface area contributed by atoms with Crippen molar-refractivity contribution in [2.24, 2.45) is 5.73 Å². The van der Waals surface area contributed by atoms with Crippen LogP contribution in [0.25, 0.3) is 16.9 Å². The molecule has 4 aromatic rings. The van der Waals surface area contributed by atoms with E-state index in [1.807, 2.05) is 24.3 Å². The monoisotopic (exact) mass is 523 g/mol. The van der Waals surface area contributed by atoms with Crippen molar-refractivity contribution in [3.63, 3.8) is 0 Å². The second kappa shape index (κ2) is 10.7. The van der Waals surface area contributed by atoms with Gasteiger partial charge in [-0.3, -0.25) is 9.59 Å². The minimum Gasteiger partial charge on any atom is -0.364 e. The zero-order valence-electron chi connectivity index (χ0n) is 20.5. The van der Waals surface area contributed by atoms with Crippen LogP contribution in [-0.4, -0.2) is 44.3 Å². The molecule has 0 aliphatic rings. The molecular weight excluding hydrogens is 499 g/mol. The Hall–Kier alpha value is -4.74. The Labute approximate surface area is 215 Å². The van der Waals surface area contributed by atoms with Crippen molar-refractivity contribution in [2.45, 2.75) is 25.9 Å². The smallest absolute Gasteiger partial charge is 0.364 e. The lowest BCUT2D eigenvalue weighted by Gasteiger charge is -2.10. The number of pyridine rings is 2. The molecule has 0 unspecified atom stereocenters. The average molecular weight is 524 g/mol. The summed E-state index contributed by atoms with van der Waals surface area (Å²) < 4.78 is 39.0. The number of rotatable bonds is 8. The van der Waals surface area contributed by atoms with Gasteiger partial charge in [0.2, 0.25) is 0 Å². The van der Waals surface area contributed by atoms with Gasteiger partial charge in [-0.2, -0.15) is 18.3 Å². The van der Waals surface area contributed by atoms with Crippen LogP contribution in [0.1, 0.15) is 46.3 Å². The molecule has 4 N–H and O–H groups in total. The number of primary amides is 1. The van der Waals surface area contributed by atoms with Gasteiger partial charge < -0.3 is 16.4 Å². The first-order valence-corrected chi connectivity index (χ1v) is 11.6. The first kappa shape index (κ1) is 26.3. The number of nitrogens with one attached hydrogen (secondary N) is 2. The van der Waals surface area contributed by atoms with E-state index in [2.05, 4.69) is 39.5 Å². The van der Waals surface area contributed by atoms with E-state index in [0.717, 1.165) is 5.56 Å². The van der Waals surface area contributed by atoms with E-state index in [0.29, 0.717) is 22.9 Å². The van der Waals surface area contributed by atoms with Gasteiger partial charge in [0.25, 0.3) is 11.8 Å². The summed E-state index contributed by atoms with van der Waals surface area (Å²) in [5.41, 5.74) is 8.06. The molecule has 0 atom stereocenters. The maximum atomic E-state index is 13.0. The number of amides is 2. The Morgan fingerprint density at radius 2 is 1.82 bits per heavy atom. The van der Waals surface area contributed by atoms with E-state index in [-0.39, 0.29) is 22.9 Å². The maximum Gasteiger partial charge on any atom is 0.405 e. The number of benzene rings is 1. The van der Waals surface area contributed by atoms with Crippen molar-refractivity contribution < 1.29 is 22.8 Å². The van der Waals surface area contributed by atoms with Crippen LogP contribution in [0.2, 0.25) is 0 Å². The zero-order valence-corrected chi connectivity index (χ0v) is 20.5. The summed E-state index contributed by atoms with van der Waals surface area (Å²) in [6.45, 7) is 2.91. The Bertz CT molecular complexity index is 1460. The van der Waals surface area contributed by atoms with Gasteiger partial charge in [-0.1, -0.05) is 32.0 Å². The van der Waals surface area contributed by atoms with Crippen molar-refractivity contribution in [2.75, 3.05) is 17.2 Å². The van der Waals surface area contributed by atoms with Gasteiger partial charge in [-0.05, 0) is 47.9 Å². The molecule has 1 aromatic carbocycles. The Kier molecular flexibility index (Phi) is 7.42. The predicted octanol–water partition coefficient (Wildman–Crippen LogP) is 4.78. The van der Waals surface area contributed by atoms with Crippen LogP contribution in [0.5, 0.6) is 0 Å². The van der Waals surface area contributed by atoms with Crippen LogP contribution >= 0.6 is 0 Å². The first-order chi connectivity index (χ1) is 18.0. The molecule has 0 aliphatic carbocycles. The molecule has 0 saturated carbocycles. The molecule has 196 valence electrons. The van der Waals surface area contributed by atoms with E-state index in [4.69, 9.17) is 5.73 Å². The molecule has 12 heteroatoms. The number of hydrogen-bond donors (Lipinski definition) is 3. The molecule has 0 bridgehead atoms. The van der Waals surface area contributed by atoms with Crippen LogP contribution in [0, 0.1) is 0 Å². The Morgan fingerprint density at radius 3 is 2.47 bits per heavy atom. The molecule has 4 rings (SSSR count). The fraction of sp³-hybridized carbons (Fsp3) is 0.192. The third kappa shape index (κ3) is 6.33. The van der Waals surface area contributed by atoms with E-state index >= 15 is 0 Å². The molecule has 3 aromatic heterocycles. The third-order valence-electron chi connectivity index (χ3n) is 5.53. The lowest BCUT2D eigenvalue weighted by molar-refractivity contribution is -0.115. The van der Waals surface area contributed by atoms with Gasteiger partial charge in [0.15, 0.2) is 5.69 Å². The summed E-state index contributed by atoms with van der Waals surface area (Å²) in [6.07, 6.45) is -1.58. The van der Waals surface area contributed by atoms with E-state index in [9.17, 15) is 22.8 Å². The van der Waals surface area contributed by atoms with Crippen LogP contribution in [0.4, 0.5) is 24.7 Å². The minimum atomic E-state index is -4.40. The van der Waals surface area contributed by atoms with Gasteiger partial charge in [-0.25, -0.2) is 14.6 Å². The number of nitrogens with zero attached hydrogens (tertiary/aromatic N) is 4. The van der Waals surface area contributed by atoms with Crippen LogP contribution in [-0.2, 0) is 0 Å². The summed E-state index contributed by atoms with van der Waals surface area (Å²) in [5.74, 6) is -1.10. The summed E-state index contributed by atoms with van der Waals surface area (Å²) in [5, 5.41) is 9.05. The second-order valence-electron chi connectivity index (χ2n) is 8.71. The van der Waals surface area contributed by atoms with Gasteiger partial charge in [0.1, 0.15) is 18.1 Å². The average Bonchev–Trinajstić information content (AvgIpc) is 3.31. The highest BCUT2D eigenvalue weighted by Gasteiger charge is 2.27. The highest BCUT2D eigenvalue weighted by Crippen LogP contribution is 2.23. The third-order valence-corrected chi connectivity index (χ3v) is 5.53. The molecule has 38 heavy (non-hydrogen) atoms. The van der Waals surface area contributed by atoms with Gasteiger partial charge >= 0.3 is 6.18 Å². The fourth-order valence-corrected chi connectivity index (χ4v) is 3.58. The highest BCUT2D eigenvalue weighted by atomic mass is 19.4. The number of carbonyl (C=O) groups is 2. The summed E-state index contributed by atoms with van der Waals surface area (Å²) >= 11 is 0. The Morgan fingerprint density at radius 1 is 1.08 bits per heavy atom. The molecule has 0 radical (unpaired) electrons. The quantitative estimate of drug-likeness (QED) is 0.305. The number of hydrogen-bond acceptors (Lipinski definition) is 6. The number of aromatic nitrogens is 4. The first-order valence-electron chi connectivity index (χ1n) is 11.6. The summed E-state index contributed by atoms with van der Waals surface area (Å²) in [4.78, 5) is 33.2. The molecule has 0 saturated heterocycles. The Balaban J connectivity index is 1.56. The molecule has 9 nitrogen and oxygen atoms in total. The van der Waals surface area contributed by atoms with Crippen LogP contribution in [0.15, 0.2) is 67.0 Å². The van der Waals surface area contributed by atoms with Crippen molar-refractivity contribution in [1.82, 2.24) is 19.7 Å². The second-order valence-corrected chi connectivity index (χ2v) is 8.71. The maximum absolute atomic E-state index is 13.0. The largest absolute Gasteiger partial charge is 0.405 e. The zero-order chi connectivity index (χ0) is 27.4. The van der Waals surface area contributed by atoms with Crippen molar-refractivity contribution in [3.8, 4) is 16.9 Å². The standard InChI is InChI=1S/C26H24F3N7O2/c1-15(2)16-6-8-18(9-7-16)36-13-21(23(35-36)24(30)37)34-25(38)20-5-3-4-19(33-20)17-10-11-31-22(12-17)32-14-26(27,28)29/h3-13,15H,14H2,1-2H3,(H2,30,37)(H,31,32)(H,34,38). The van der Waals surface area contributed by atoms with E-state index < -0.39 is 24.5 Å². The van der Waals surface area contributed by atoms with E-state index in [1.54, 1.807) is 18.2 Å². The molecule has 3 heterocycles. The minimum absolute atomic E-state index is 0.00793. The molecular formula is C26H24F3N7O2. The number of alkyl halides is 3. The summed E-state index contributed by atoms with van der Waals surface area (Å²) in [7, 11) is 0. The SMILES string of the molecule is CC(C)c1ccc(-n2cc(NC(=O)c3cccc(-c4ccnc(NCC(F)(F)F)c4)n3)c(C(N)=O)n2)cc1. The number of halogens is 3. The van der Waals surface area contributed by atoms with Gasteiger partial charge in [0, 0.05) is 11.8 Å². The lowest BCUT2D eigenvalue weighted by Crippen LogP contribution is -2.21. The van der Waals surface area contributed by atoms with Crippen molar-refractivity contribution in [1.29, 1.82) is 0 Å². The molecule has 0 spiro atoms. The van der Waals surface area contributed by atoms with Crippen molar-refractivity contribution in [3.05, 3.63) is 83.9 Å². The number of nitrogens with two attached hydrogens (primary N) is 1. The lowest BCUT2D eigenvalue weighted by atomic mass is 10.0. The van der Waals surface area contributed by atoms with Crippen LogP contribution in [0.3, 0.4) is 0 Å². The number of carbonyl (C=O) groups excluding carboxylic acids is 2. The predicted molar refractivity (Wildman–Crippen MR) is 136 cm³/mol. The molecule has 0 aliphatic heterocycles. The fourth-order valence-electron chi connectivity index (χ4n) is 3.58. The van der Waals surface area contributed by atoms with Gasteiger partial charge in [0.05, 0.1) is 23.3 Å². The highest BCUT2D eigenvalue weighted by molar-refractivity contribution is 6.07. The summed E-state index contributed by atoms with van der Waals surface area (Å²) in [6, 6.07) is 15.2. The molecule has 0 fully saturated rings. The number of anilines is 2. The molecule has 2 amide bonds. The topological polar surface area (TPSA) is 128 Å². The normalized spacial score (nSPS) is 11.4. The van der Waals surface area contributed by atoms with E-state index in [1.165, 1.54) is 29.2 Å².